The first-order valence-electron chi connectivity index (χ1n) is 6.94. The summed E-state index contributed by atoms with van der Waals surface area (Å²) in [6.45, 7) is 3.01. The van der Waals surface area contributed by atoms with Gasteiger partial charge in [-0.05, 0) is 43.1 Å². The molecule has 1 amide bonds. The molecule has 19 heavy (non-hydrogen) atoms. The van der Waals surface area contributed by atoms with Crippen molar-refractivity contribution in [3.8, 4) is 0 Å². The van der Waals surface area contributed by atoms with Crippen LogP contribution < -0.4 is 5.32 Å². The zero-order valence-corrected chi connectivity index (χ0v) is 11.3. The van der Waals surface area contributed by atoms with Crippen LogP contribution in [0.2, 0.25) is 0 Å². The Hall–Kier alpha value is -1.39. The van der Waals surface area contributed by atoms with E-state index >= 15 is 0 Å². The highest BCUT2D eigenvalue weighted by Gasteiger charge is 2.23. The number of amides is 1. The molecule has 102 valence electrons. The van der Waals surface area contributed by atoms with E-state index < -0.39 is 0 Å². The molecule has 0 unspecified atom stereocenters. The highest BCUT2D eigenvalue weighted by Crippen LogP contribution is 2.22. The number of rotatable bonds is 2. The minimum absolute atomic E-state index is 0.157. The minimum atomic E-state index is 0.157. The molecule has 0 aromatic heterocycles. The van der Waals surface area contributed by atoms with Crippen LogP contribution >= 0.6 is 0 Å². The molecule has 2 aliphatic rings. The van der Waals surface area contributed by atoms with Crippen molar-refractivity contribution in [3.63, 3.8) is 0 Å². The molecule has 1 N–H and O–H groups in total. The van der Waals surface area contributed by atoms with Gasteiger partial charge in [-0.1, -0.05) is 6.07 Å². The second-order valence-electron chi connectivity index (χ2n) is 5.33. The van der Waals surface area contributed by atoms with Gasteiger partial charge in [0.15, 0.2) is 0 Å². The summed E-state index contributed by atoms with van der Waals surface area (Å²) < 4.78 is 5.39. The molecule has 0 bridgehead atoms. The SMILES string of the molecule is CNC1CCN(C(=O)c2ccc3c(c2)COC3)CC1. The lowest BCUT2D eigenvalue weighted by Gasteiger charge is -2.32. The van der Waals surface area contributed by atoms with Gasteiger partial charge in [0.1, 0.15) is 0 Å². The first kappa shape index (κ1) is 12.6. The molecule has 2 aliphatic heterocycles. The van der Waals surface area contributed by atoms with Crippen LogP contribution in [-0.2, 0) is 18.0 Å². The highest BCUT2D eigenvalue weighted by atomic mass is 16.5. The third-order valence-corrected chi connectivity index (χ3v) is 4.16. The summed E-state index contributed by atoms with van der Waals surface area (Å²) in [7, 11) is 1.99. The summed E-state index contributed by atoms with van der Waals surface area (Å²) in [5.41, 5.74) is 3.17. The number of carbonyl (C=O) groups excluding carboxylic acids is 1. The van der Waals surface area contributed by atoms with E-state index in [0.717, 1.165) is 37.1 Å². The molecular formula is C15H20N2O2. The first-order chi connectivity index (χ1) is 9.28. The summed E-state index contributed by atoms with van der Waals surface area (Å²) in [6, 6.07) is 6.50. The number of likely N-dealkylation sites (tertiary alicyclic amines) is 1. The van der Waals surface area contributed by atoms with Crippen molar-refractivity contribution in [1.82, 2.24) is 10.2 Å². The Morgan fingerprint density at radius 2 is 2.00 bits per heavy atom. The second-order valence-corrected chi connectivity index (χ2v) is 5.33. The number of carbonyl (C=O) groups is 1. The summed E-state index contributed by atoms with van der Waals surface area (Å²) in [4.78, 5) is 14.4. The third-order valence-electron chi connectivity index (χ3n) is 4.16. The summed E-state index contributed by atoms with van der Waals surface area (Å²) in [6.07, 6.45) is 2.08. The average Bonchev–Trinajstić information content (AvgIpc) is 2.94. The number of nitrogens with zero attached hydrogens (tertiary/aromatic N) is 1. The number of nitrogens with one attached hydrogen (secondary N) is 1. The zero-order chi connectivity index (χ0) is 13.2. The molecule has 1 aromatic rings. The number of hydrogen-bond donors (Lipinski definition) is 1. The molecule has 0 radical (unpaired) electrons. The Kier molecular flexibility index (Phi) is 3.53. The van der Waals surface area contributed by atoms with Crippen LogP contribution in [0.5, 0.6) is 0 Å². The lowest BCUT2D eigenvalue weighted by atomic mass is 10.0. The van der Waals surface area contributed by atoms with Gasteiger partial charge in [-0.3, -0.25) is 4.79 Å². The van der Waals surface area contributed by atoms with Crippen molar-refractivity contribution >= 4 is 5.91 Å². The summed E-state index contributed by atoms with van der Waals surface area (Å²) >= 11 is 0. The lowest BCUT2D eigenvalue weighted by molar-refractivity contribution is 0.0707. The number of hydrogen-bond acceptors (Lipinski definition) is 3. The largest absolute Gasteiger partial charge is 0.372 e. The van der Waals surface area contributed by atoms with Gasteiger partial charge in [0.05, 0.1) is 13.2 Å². The van der Waals surface area contributed by atoms with Crippen molar-refractivity contribution in [2.24, 2.45) is 0 Å². The van der Waals surface area contributed by atoms with E-state index in [1.807, 2.05) is 30.1 Å². The zero-order valence-electron chi connectivity index (χ0n) is 11.3. The van der Waals surface area contributed by atoms with Gasteiger partial charge >= 0.3 is 0 Å². The van der Waals surface area contributed by atoms with Crippen LogP contribution in [0.15, 0.2) is 18.2 Å². The van der Waals surface area contributed by atoms with Gasteiger partial charge in [0.2, 0.25) is 0 Å². The topological polar surface area (TPSA) is 41.6 Å². The van der Waals surface area contributed by atoms with E-state index in [0.29, 0.717) is 19.3 Å². The van der Waals surface area contributed by atoms with Gasteiger partial charge in [0, 0.05) is 24.7 Å². The van der Waals surface area contributed by atoms with Crippen LogP contribution in [0.25, 0.3) is 0 Å². The van der Waals surface area contributed by atoms with Crippen molar-refractivity contribution in [2.45, 2.75) is 32.1 Å². The predicted molar refractivity (Wildman–Crippen MR) is 72.9 cm³/mol. The van der Waals surface area contributed by atoms with E-state index in [9.17, 15) is 4.79 Å². The molecular weight excluding hydrogens is 240 g/mol. The molecule has 4 nitrogen and oxygen atoms in total. The Morgan fingerprint density at radius 3 is 2.74 bits per heavy atom. The van der Waals surface area contributed by atoms with E-state index in [1.165, 1.54) is 5.56 Å². The van der Waals surface area contributed by atoms with Crippen LogP contribution in [0.1, 0.15) is 34.3 Å². The number of piperidine rings is 1. The fourth-order valence-electron chi connectivity index (χ4n) is 2.86. The molecule has 0 aliphatic carbocycles. The molecule has 1 saturated heterocycles. The summed E-state index contributed by atoms with van der Waals surface area (Å²) in [5, 5.41) is 3.28. The second kappa shape index (κ2) is 5.31. The van der Waals surface area contributed by atoms with Crippen molar-refractivity contribution in [3.05, 3.63) is 34.9 Å². The maximum Gasteiger partial charge on any atom is 0.253 e. The quantitative estimate of drug-likeness (QED) is 0.877. The van der Waals surface area contributed by atoms with Crippen LogP contribution in [0.4, 0.5) is 0 Å². The standard InChI is InChI=1S/C15H20N2O2/c1-16-14-4-6-17(7-5-14)15(18)11-2-3-12-9-19-10-13(12)8-11/h2-3,8,14,16H,4-7,9-10H2,1H3. The van der Waals surface area contributed by atoms with Crippen molar-refractivity contribution in [2.75, 3.05) is 20.1 Å². The molecule has 1 aromatic carbocycles. The van der Waals surface area contributed by atoms with Crippen LogP contribution in [0.3, 0.4) is 0 Å². The van der Waals surface area contributed by atoms with E-state index in [1.54, 1.807) is 0 Å². The van der Waals surface area contributed by atoms with Crippen LogP contribution in [0, 0.1) is 0 Å². The Morgan fingerprint density at radius 1 is 1.26 bits per heavy atom. The first-order valence-corrected chi connectivity index (χ1v) is 6.94. The smallest absolute Gasteiger partial charge is 0.253 e. The van der Waals surface area contributed by atoms with Gasteiger partial charge in [-0.2, -0.15) is 0 Å². The molecule has 0 saturated carbocycles. The van der Waals surface area contributed by atoms with Crippen molar-refractivity contribution in [1.29, 1.82) is 0 Å². The Labute approximate surface area is 113 Å². The normalized spacial score (nSPS) is 19.5. The highest BCUT2D eigenvalue weighted by molar-refractivity contribution is 5.94. The maximum absolute atomic E-state index is 12.5. The molecule has 2 heterocycles. The Balaban J connectivity index is 1.70. The van der Waals surface area contributed by atoms with E-state index in [-0.39, 0.29) is 5.91 Å². The number of benzene rings is 1. The number of ether oxygens (including phenoxy) is 1. The lowest BCUT2D eigenvalue weighted by Crippen LogP contribution is -2.43. The van der Waals surface area contributed by atoms with Gasteiger partial charge in [-0.25, -0.2) is 0 Å². The van der Waals surface area contributed by atoms with Crippen molar-refractivity contribution < 1.29 is 9.53 Å². The third kappa shape index (κ3) is 2.51. The molecule has 4 heteroatoms. The molecule has 1 fully saturated rings. The maximum atomic E-state index is 12.5. The number of fused-ring (bicyclic) bond motifs is 1. The van der Waals surface area contributed by atoms with Gasteiger partial charge in [0.25, 0.3) is 5.91 Å². The minimum Gasteiger partial charge on any atom is -0.372 e. The van der Waals surface area contributed by atoms with Gasteiger partial charge in [-0.15, -0.1) is 0 Å². The van der Waals surface area contributed by atoms with E-state index in [2.05, 4.69) is 5.32 Å². The fourth-order valence-corrected chi connectivity index (χ4v) is 2.86. The molecule has 3 rings (SSSR count). The fraction of sp³-hybridized carbons (Fsp3) is 0.533. The van der Waals surface area contributed by atoms with E-state index in [4.69, 9.17) is 4.74 Å². The Bertz CT molecular complexity index is 479. The molecule has 0 spiro atoms. The average molecular weight is 260 g/mol. The monoisotopic (exact) mass is 260 g/mol. The van der Waals surface area contributed by atoms with Gasteiger partial charge < -0.3 is 15.0 Å². The summed E-state index contributed by atoms with van der Waals surface area (Å²) in [5.74, 6) is 0.157. The van der Waals surface area contributed by atoms with Crippen LogP contribution in [-0.4, -0.2) is 37.0 Å². The predicted octanol–water partition coefficient (Wildman–Crippen LogP) is 1.54. The molecule has 0 atom stereocenters.